The molecule has 2 heteroatoms. The van der Waals surface area contributed by atoms with Crippen LogP contribution in [0.2, 0.25) is 0 Å². The number of hydrogen-bond acceptors (Lipinski definition) is 1. The van der Waals surface area contributed by atoms with Crippen molar-refractivity contribution in [3.63, 3.8) is 0 Å². The molecule has 0 saturated heterocycles. The van der Waals surface area contributed by atoms with Gasteiger partial charge in [0, 0.05) is 0 Å². The Bertz CT molecular complexity index is 202. The van der Waals surface area contributed by atoms with Gasteiger partial charge in [-0.15, -0.1) is 0 Å². The van der Waals surface area contributed by atoms with Crippen LogP contribution in [0.25, 0.3) is 0 Å². The molecule has 0 saturated carbocycles. The first-order valence-corrected chi connectivity index (χ1v) is 3.36. The number of hydrogen-bond donors (Lipinski definition) is 0. The van der Waals surface area contributed by atoms with Crippen molar-refractivity contribution in [3.05, 3.63) is 41.1 Å². The lowest BCUT2D eigenvalue weighted by Gasteiger charge is -1.82. The lowest BCUT2D eigenvalue weighted by molar-refractivity contribution is -0.412. The summed E-state index contributed by atoms with van der Waals surface area (Å²) in [5.41, 5.74) is 1.32. The molecule has 0 N–H and O–H groups in total. The molecule has 60 valence electrons. The van der Waals surface area contributed by atoms with Crippen LogP contribution >= 0.6 is 0 Å². The average molecular weight is 151 g/mol. The summed E-state index contributed by atoms with van der Waals surface area (Å²) in [4.78, 5) is 0. The maximum absolute atomic E-state index is 9.25. The second-order valence-corrected chi connectivity index (χ2v) is 2.28. The minimum Gasteiger partial charge on any atom is -0.624 e. The van der Waals surface area contributed by atoms with Gasteiger partial charge in [0.2, 0.25) is 0 Å². The van der Waals surface area contributed by atoms with Gasteiger partial charge in [-0.25, -0.2) is 4.74 Å². The van der Waals surface area contributed by atoms with Crippen LogP contribution in [0, 0.1) is 12.1 Å². The smallest absolute Gasteiger partial charge is 0.142 e. The zero-order chi connectivity index (χ0) is 8.69. The van der Waals surface area contributed by atoms with E-state index in [-0.39, 0.29) is 0 Å². The van der Waals surface area contributed by atoms with Crippen molar-refractivity contribution in [2.24, 2.45) is 0 Å². The second-order valence-electron chi connectivity index (χ2n) is 2.28. The highest BCUT2D eigenvalue weighted by atomic mass is 16.5. The molecule has 0 heterocycles. The highest BCUT2D eigenvalue weighted by Gasteiger charge is 1.72. The van der Waals surface area contributed by atoms with Gasteiger partial charge in [-0.3, -0.25) is 0 Å². The molecule has 11 heavy (non-hydrogen) atoms. The topological polar surface area (TPSA) is 26.1 Å². The zero-order valence-corrected chi connectivity index (χ0v) is 6.95. The second kappa shape index (κ2) is 5.47. The Balaban J connectivity index is 0.000000218. The fourth-order valence-corrected chi connectivity index (χ4v) is 0.534. The lowest BCUT2D eigenvalue weighted by Crippen LogP contribution is -1.82. The SMILES string of the molecule is C=[N+](C)[O-].Cc1ccccc1. The molecule has 0 atom stereocenters. The highest BCUT2D eigenvalue weighted by Crippen LogP contribution is 1.92. The Morgan fingerprint density at radius 1 is 1.27 bits per heavy atom. The van der Waals surface area contributed by atoms with E-state index < -0.39 is 0 Å². The van der Waals surface area contributed by atoms with Crippen LogP contribution in [0.5, 0.6) is 0 Å². The van der Waals surface area contributed by atoms with Gasteiger partial charge >= 0.3 is 0 Å². The van der Waals surface area contributed by atoms with Crippen LogP contribution in [0.4, 0.5) is 0 Å². The monoisotopic (exact) mass is 151 g/mol. The van der Waals surface area contributed by atoms with Gasteiger partial charge in [0.25, 0.3) is 0 Å². The predicted octanol–water partition coefficient (Wildman–Crippen LogP) is 1.82. The summed E-state index contributed by atoms with van der Waals surface area (Å²) < 4.78 is 0.500. The molecule has 1 rings (SSSR count). The predicted molar refractivity (Wildman–Crippen MR) is 47.9 cm³/mol. The molecule has 0 fully saturated rings. The Labute approximate surface area is 67.4 Å². The van der Waals surface area contributed by atoms with Gasteiger partial charge in [0.1, 0.15) is 13.8 Å². The van der Waals surface area contributed by atoms with E-state index in [1.54, 1.807) is 0 Å². The Morgan fingerprint density at radius 2 is 1.64 bits per heavy atom. The van der Waals surface area contributed by atoms with E-state index >= 15 is 0 Å². The number of aryl methyl sites for hydroxylation is 1. The Kier molecular flexibility index (Phi) is 4.82. The molecule has 0 spiro atoms. The van der Waals surface area contributed by atoms with Crippen LogP contribution in [-0.2, 0) is 0 Å². The van der Waals surface area contributed by atoms with Crippen LogP contribution in [0.15, 0.2) is 30.3 Å². The van der Waals surface area contributed by atoms with Crippen molar-refractivity contribution >= 4 is 6.72 Å². The van der Waals surface area contributed by atoms with Gasteiger partial charge < -0.3 is 5.21 Å². The minimum atomic E-state index is 0.500. The van der Waals surface area contributed by atoms with E-state index in [2.05, 4.69) is 25.8 Å². The maximum atomic E-state index is 9.25. The van der Waals surface area contributed by atoms with E-state index in [1.165, 1.54) is 12.6 Å². The van der Waals surface area contributed by atoms with Crippen LogP contribution in [0.3, 0.4) is 0 Å². The third kappa shape index (κ3) is 8.69. The fourth-order valence-electron chi connectivity index (χ4n) is 0.534. The van der Waals surface area contributed by atoms with Crippen molar-refractivity contribution in [2.45, 2.75) is 6.92 Å². The highest BCUT2D eigenvalue weighted by molar-refractivity contribution is 5.14. The summed E-state index contributed by atoms with van der Waals surface area (Å²) in [6.45, 7) is 5.00. The molecule has 1 aromatic carbocycles. The number of hydroxylamine groups is 1. The van der Waals surface area contributed by atoms with Gasteiger partial charge in [0.05, 0.1) is 0 Å². The van der Waals surface area contributed by atoms with Crippen molar-refractivity contribution in [3.8, 4) is 0 Å². The molecule has 1 aromatic rings. The van der Waals surface area contributed by atoms with Crippen LogP contribution in [0.1, 0.15) is 5.56 Å². The van der Waals surface area contributed by atoms with Crippen molar-refractivity contribution in [2.75, 3.05) is 7.05 Å². The molecule has 0 radical (unpaired) electrons. The minimum absolute atomic E-state index is 0.500. The first kappa shape index (κ1) is 9.69. The largest absolute Gasteiger partial charge is 0.624 e. The van der Waals surface area contributed by atoms with E-state index in [0.29, 0.717) is 4.74 Å². The first-order valence-electron chi connectivity index (χ1n) is 3.36. The number of benzene rings is 1. The van der Waals surface area contributed by atoms with E-state index in [1.807, 2.05) is 18.2 Å². The summed E-state index contributed by atoms with van der Waals surface area (Å²) in [6, 6.07) is 10.3. The molecule has 0 amide bonds. The third-order valence-corrected chi connectivity index (χ3v) is 0.940. The molecular weight excluding hydrogens is 138 g/mol. The van der Waals surface area contributed by atoms with E-state index in [0.717, 1.165) is 0 Å². The quantitative estimate of drug-likeness (QED) is 0.240. The van der Waals surface area contributed by atoms with E-state index in [4.69, 9.17) is 0 Å². The molecule has 0 bridgehead atoms. The molecule has 0 aliphatic carbocycles. The molecule has 0 aliphatic heterocycles. The third-order valence-electron chi connectivity index (χ3n) is 0.940. The summed E-state index contributed by atoms with van der Waals surface area (Å²) in [7, 11) is 1.33. The number of nitrogens with zero attached hydrogens (tertiary/aromatic N) is 1. The van der Waals surface area contributed by atoms with Crippen LogP contribution < -0.4 is 0 Å². The van der Waals surface area contributed by atoms with Gasteiger partial charge in [-0.2, -0.15) is 0 Å². The maximum Gasteiger partial charge on any atom is 0.142 e. The molecule has 0 aliphatic rings. The average Bonchev–Trinajstić information content (AvgIpc) is 1.87. The summed E-state index contributed by atoms with van der Waals surface area (Å²) >= 11 is 0. The molecular formula is C9H13NO. The first-order chi connectivity index (χ1) is 5.13. The van der Waals surface area contributed by atoms with Gasteiger partial charge in [-0.1, -0.05) is 35.9 Å². The normalized spacial score (nSPS) is 7.82. The van der Waals surface area contributed by atoms with Crippen molar-refractivity contribution in [1.29, 1.82) is 0 Å². The standard InChI is InChI=1S/C7H8.C2H5NO/c1-7-5-3-2-4-6-7;1-3(2)4/h2-6H,1H3;1H2,2H3. The van der Waals surface area contributed by atoms with Crippen LogP contribution in [-0.4, -0.2) is 18.5 Å². The van der Waals surface area contributed by atoms with Crippen molar-refractivity contribution < 1.29 is 4.74 Å². The Morgan fingerprint density at radius 3 is 1.82 bits per heavy atom. The number of rotatable bonds is 0. The lowest BCUT2D eigenvalue weighted by atomic mass is 10.2. The van der Waals surface area contributed by atoms with Gasteiger partial charge in [-0.05, 0) is 6.92 Å². The zero-order valence-electron chi connectivity index (χ0n) is 6.95. The molecule has 0 unspecified atom stereocenters. The molecule has 0 aromatic heterocycles. The fraction of sp³-hybridized carbons (Fsp3) is 0.222. The van der Waals surface area contributed by atoms with Crippen molar-refractivity contribution in [1.82, 2.24) is 0 Å². The summed E-state index contributed by atoms with van der Waals surface area (Å²) in [5.74, 6) is 0. The summed E-state index contributed by atoms with van der Waals surface area (Å²) in [6.07, 6.45) is 0. The molecule has 2 nitrogen and oxygen atoms in total. The van der Waals surface area contributed by atoms with Gasteiger partial charge in [0.15, 0.2) is 0 Å². The Hall–Kier alpha value is -1.31. The summed E-state index contributed by atoms with van der Waals surface area (Å²) in [5, 5.41) is 9.25. The van der Waals surface area contributed by atoms with E-state index in [9.17, 15) is 5.21 Å².